The standard InChI is InChI=1S/C23H31N5O/c1-4-6-7-10-17(5-2)26-22-24-14-18-16(3)13-19-21(29)25-15-23(11-8-9-12-23)28(19)20(18)27-22/h4-7,10,14,16,19H,8-9,11-13,15H2,1-3H3,(H,25,29)(H,24,26,27)/b6-4-,10-7-,17-5+. The van der Waals surface area contributed by atoms with Crippen molar-refractivity contribution in [3.05, 3.63) is 47.8 Å². The number of nitrogens with one attached hydrogen (secondary N) is 2. The minimum atomic E-state index is -0.136. The third-order valence-corrected chi connectivity index (χ3v) is 6.53. The number of piperazine rings is 1. The molecule has 1 saturated heterocycles. The summed E-state index contributed by atoms with van der Waals surface area (Å²) in [4.78, 5) is 24.6. The van der Waals surface area contributed by atoms with Gasteiger partial charge in [-0.15, -0.1) is 0 Å². The molecule has 3 aliphatic rings. The van der Waals surface area contributed by atoms with Crippen molar-refractivity contribution in [2.24, 2.45) is 0 Å². The molecule has 1 saturated carbocycles. The number of anilines is 2. The Morgan fingerprint density at radius 3 is 2.83 bits per heavy atom. The van der Waals surface area contributed by atoms with E-state index < -0.39 is 0 Å². The molecule has 29 heavy (non-hydrogen) atoms. The number of rotatable bonds is 4. The summed E-state index contributed by atoms with van der Waals surface area (Å²) in [5.74, 6) is 1.92. The molecule has 4 rings (SSSR count). The lowest BCUT2D eigenvalue weighted by atomic mass is 9.81. The van der Waals surface area contributed by atoms with E-state index in [0.29, 0.717) is 5.95 Å². The smallest absolute Gasteiger partial charge is 0.242 e. The molecular formula is C23H31N5O. The van der Waals surface area contributed by atoms with Gasteiger partial charge in [0.1, 0.15) is 11.9 Å². The van der Waals surface area contributed by atoms with Crippen molar-refractivity contribution in [1.82, 2.24) is 15.3 Å². The first-order valence-corrected chi connectivity index (χ1v) is 10.7. The van der Waals surface area contributed by atoms with Crippen molar-refractivity contribution in [3.8, 4) is 0 Å². The summed E-state index contributed by atoms with van der Waals surface area (Å²) in [6.07, 6.45) is 17.4. The molecule has 1 amide bonds. The van der Waals surface area contributed by atoms with Crippen LogP contribution >= 0.6 is 0 Å². The van der Waals surface area contributed by atoms with E-state index in [4.69, 9.17) is 4.98 Å². The van der Waals surface area contributed by atoms with Crippen LogP contribution in [0.2, 0.25) is 0 Å². The van der Waals surface area contributed by atoms with E-state index in [1.165, 1.54) is 12.8 Å². The molecule has 2 atom stereocenters. The molecule has 0 aromatic carbocycles. The summed E-state index contributed by atoms with van der Waals surface area (Å²) in [6, 6.07) is -0.136. The first-order chi connectivity index (χ1) is 14.1. The van der Waals surface area contributed by atoms with Crippen molar-refractivity contribution in [2.75, 3.05) is 16.8 Å². The van der Waals surface area contributed by atoms with Crippen molar-refractivity contribution in [1.29, 1.82) is 0 Å². The number of hydrogen-bond donors (Lipinski definition) is 2. The molecular weight excluding hydrogens is 362 g/mol. The molecule has 1 aromatic heterocycles. The van der Waals surface area contributed by atoms with Gasteiger partial charge >= 0.3 is 0 Å². The Hall–Kier alpha value is -2.63. The van der Waals surface area contributed by atoms with E-state index in [-0.39, 0.29) is 23.4 Å². The van der Waals surface area contributed by atoms with Crippen molar-refractivity contribution in [2.45, 2.75) is 70.4 Å². The normalized spacial score (nSPS) is 26.1. The van der Waals surface area contributed by atoms with E-state index in [2.05, 4.69) is 27.4 Å². The van der Waals surface area contributed by atoms with Gasteiger partial charge in [0.2, 0.25) is 11.9 Å². The highest BCUT2D eigenvalue weighted by Crippen LogP contribution is 2.47. The van der Waals surface area contributed by atoms with Gasteiger partial charge in [0, 0.05) is 24.0 Å². The summed E-state index contributed by atoms with van der Waals surface area (Å²) in [5.41, 5.74) is 2.09. The molecule has 6 nitrogen and oxygen atoms in total. The Morgan fingerprint density at radius 1 is 1.31 bits per heavy atom. The van der Waals surface area contributed by atoms with Gasteiger partial charge in [-0.1, -0.05) is 44.1 Å². The fraction of sp³-hybridized carbons (Fsp3) is 0.522. The average molecular weight is 394 g/mol. The number of carbonyl (C=O) groups is 1. The van der Waals surface area contributed by atoms with Crippen LogP contribution < -0.4 is 15.5 Å². The molecule has 2 unspecified atom stereocenters. The van der Waals surface area contributed by atoms with Crippen LogP contribution in [0.3, 0.4) is 0 Å². The number of amides is 1. The van der Waals surface area contributed by atoms with Crippen molar-refractivity contribution >= 4 is 17.7 Å². The average Bonchev–Trinajstić information content (AvgIpc) is 3.19. The van der Waals surface area contributed by atoms with E-state index in [0.717, 1.165) is 42.9 Å². The monoisotopic (exact) mass is 393 g/mol. The second-order valence-corrected chi connectivity index (χ2v) is 8.40. The maximum atomic E-state index is 12.7. The quantitative estimate of drug-likeness (QED) is 0.755. The minimum absolute atomic E-state index is 0.00562. The number of carbonyl (C=O) groups excluding carboxylic acids is 1. The summed E-state index contributed by atoms with van der Waals surface area (Å²) in [7, 11) is 0. The number of allylic oxidation sites excluding steroid dienone is 5. The topological polar surface area (TPSA) is 70.2 Å². The van der Waals surface area contributed by atoms with Gasteiger partial charge in [0.15, 0.2) is 0 Å². The first-order valence-electron chi connectivity index (χ1n) is 10.7. The Bertz CT molecular complexity index is 866. The van der Waals surface area contributed by atoms with Crippen LogP contribution in [0.4, 0.5) is 11.8 Å². The molecule has 2 fully saturated rings. The van der Waals surface area contributed by atoms with Gasteiger partial charge in [-0.3, -0.25) is 4.79 Å². The molecule has 0 bridgehead atoms. The van der Waals surface area contributed by atoms with E-state index >= 15 is 0 Å². The second kappa shape index (κ2) is 8.01. The third kappa shape index (κ3) is 3.56. The Kier molecular flexibility index (Phi) is 5.43. The zero-order valence-corrected chi connectivity index (χ0v) is 17.6. The van der Waals surface area contributed by atoms with Gasteiger partial charge in [-0.05, 0) is 45.1 Å². The van der Waals surface area contributed by atoms with E-state index in [1.54, 1.807) is 0 Å². The van der Waals surface area contributed by atoms with Crippen LogP contribution in [0.5, 0.6) is 0 Å². The molecule has 2 N–H and O–H groups in total. The molecule has 2 aliphatic heterocycles. The fourth-order valence-corrected chi connectivity index (χ4v) is 4.99. The minimum Gasteiger partial charge on any atom is -0.352 e. The van der Waals surface area contributed by atoms with Crippen LogP contribution in [0.1, 0.15) is 64.4 Å². The zero-order chi connectivity index (χ0) is 20.4. The highest BCUT2D eigenvalue weighted by atomic mass is 16.2. The number of nitrogens with zero attached hydrogens (tertiary/aromatic N) is 3. The summed E-state index contributed by atoms with van der Waals surface area (Å²) in [5, 5.41) is 6.51. The Balaban J connectivity index is 1.71. The van der Waals surface area contributed by atoms with Gasteiger partial charge in [-0.2, -0.15) is 4.98 Å². The lowest BCUT2D eigenvalue weighted by Crippen LogP contribution is -2.69. The van der Waals surface area contributed by atoms with Gasteiger partial charge in [-0.25, -0.2) is 4.98 Å². The molecule has 1 spiro atoms. The SMILES string of the molecule is C\C=C/C=C\C(=C/C)Nc1ncc2c(n1)N1C(CC2C)C(=O)NCC12CCCC2. The molecule has 0 radical (unpaired) electrons. The third-order valence-electron chi connectivity index (χ3n) is 6.53. The van der Waals surface area contributed by atoms with Crippen LogP contribution in [-0.2, 0) is 4.79 Å². The Labute approximate surface area is 173 Å². The summed E-state index contributed by atoms with van der Waals surface area (Å²) >= 11 is 0. The van der Waals surface area contributed by atoms with Crippen LogP contribution in [-0.4, -0.2) is 34.0 Å². The van der Waals surface area contributed by atoms with Crippen molar-refractivity contribution < 1.29 is 4.79 Å². The zero-order valence-electron chi connectivity index (χ0n) is 17.6. The molecule has 6 heteroatoms. The highest BCUT2D eigenvalue weighted by Gasteiger charge is 2.52. The van der Waals surface area contributed by atoms with Gasteiger partial charge in [0.05, 0.1) is 5.54 Å². The van der Waals surface area contributed by atoms with Crippen LogP contribution in [0, 0.1) is 0 Å². The van der Waals surface area contributed by atoms with Crippen LogP contribution in [0.15, 0.2) is 42.3 Å². The lowest BCUT2D eigenvalue weighted by Gasteiger charge is -2.53. The van der Waals surface area contributed by atoms with Gasteiger partial charge in [0.25, 0.3) is 0 Å². The predicted molar refractivity (Wildman–Crippen MR) is 117 cm³/mol. The molecule has 1 aromatic rings. The fourth-order valence-electron chi connectivity index (χ4n) is 4.99. The first kappa shape index (κ1) is 19.7. The largest absolute Gasteiger partial charge is 0.352 e. The van der Waals surface area contributed by atoms with E-state index in [1.807, 2.05) is 50.4 Å². The number of aromatic nitrogens is 2. The predicted octanol–water partition coefficient (Wildman–Crippen LogP) is 4.05. The number of fused-ring (bicyclic) bond motifs is 4. The molecule has 3 heterocycles. The maximum absolute atomic E-state index is 12.7. The van der Waals surface area contributed by atoms with E-state index in [9.17, 15) is 4.79 Å². The van der Waals surface area contributed by atoms with Crippen LogP contribution in [0.25, 0.3) is 0 Å². The lowest BCUT2D eigenvalue weighted by molar-refractivity contribution is -0.125. The second-order valence-electron chi connectivity index (χ2n) is 8.40. The van der Waals surface area contributed by atoms with Crippen molar-refractivity contribution in [3.63, 3.8) is 0 Å². The highest BCUT2D eigenvalue weighted by molar-refractivity contribution is 5.88. The Morgan fingerprint density at radius 2 is 2.10 bits per heavy atom. The molecule has 154 valence electrons. The summed E-state index contributed by atoms with van der Waals surface area (Å²) in [6.45, 7) is 6.87. The maximum Gasteiger partial charge on any atom is 0.242 e. The molecule has 1 aliphatic carbocycles. The number of hydrogen-bond acceptors (Lipinski definition) is 5. The van der Waals surface area contributed by atoms with Gasteiger partial charge < -0.3 is 15.5 Å². The summed E-state index contributed by atoms with van der Waals surface area (Å²) < 4.78 is 0.